The molecule has 2 heterocycles. The predicted octanol–water partition coefficient (Wildman–Crippen LogP) is 2.64. The Morgan fingerprint density at radius 1 is 1.35 bits per heavy atom. The van der Waals surface area contributed by atoms with Crippen molar-refractivity contribution in [1.29, 1.82) is 0 Å². The molecule has 2 rings (SSSR count). The van der Waals surface area contributed by atoms with Gasteiger partial charge < -0.3 is 9.84 Å². The highest BCUT2D eigenvalue weighted by atomic mass is 35.5. The molecule has 0 bridgehead atoms. The van der Waals surface area contributed by atoms with Gasteiger partial charge in [0.1, 0.15) is 0 Å². The molecule has 1 aromatic rings. The van der Waals surface area contributed by atoms with E-state index in [-0.39, 0.29) is 17.8 Å². The van der Waals surface area contributed by atoms with E-state index >= 15 is 0 Å². The summed E-state index contributed by atoms with van der Waals surface area (Å²) in [6.45, 7) is 9.55. The molecule has 0 spiro atoms. The van der Waals surface area contributed by atoms with Gasteiger partial charge in [-0.25, -0.2) is 0 Å². The van der Waals surface area contributed by atoms with Crippen LogP contribution in [0.1, 0.15) is 58.2 Å². The minimum absolute atomic E-state index is 0. The first-order chi connectivity index (χ1) is 7.47. The van der Waals surface area contributed by atoms with Crippen molar-refractivity contribution < 1.29 is 4.52 Å². The monoisotopic (exact) mass is 259 g/mol. The number of nitrogens with one attached hydrogen (secondary N) is 1. The van der Waals surface area contributed by atoms with E-state index < -0.39 is 0 Å². The molecule has 0 saturated carbocycles. The third kappa shape index (κ3) is 3.42. The Bertz CT molecular complexity index is 359. The molecule has 17 heavy (non-hydrogen) atoms. The van der Waals surface area contributed by atoms with Crippen LogP contribution in [0.5, 0.6) is 0 Å². The van der Waals surface area contributed by atoms with Crippen molar-refractivity contribution in [2.45, 2.75) is 57.9 Å². The Labute approximate surface area is 109 Å². The third-order valence-electron chi connectivity index (χ3n) is 3.09. The van der Waals surface area contributed by atoms with E-state index in [0.29, 0.717) is 12.0 Å². The Morgan fingerprint density at radius 3 is 2.59 bits per heavy atom. The van der Waals surface area contributed by atoms with Gasteiger partial charge in [-0.15, -0.1) is 12.4 Å². The molecule has 1 fully saturated rings. The van der Waals surface area contributed by atoms with Gasteiger partial charge in [0.25, 0.3) is 0 Å². The van der Waals surface area contributed by atoms with E-state index in [4.69, 9.17) is 4.52 Å². The number of nitrogens with zero attached hydrogens (tertiary/aromatic N) is 2. The van der Waals surface area contributed by atoms with Crippen LogP contribution in [0.3, 0.4) is 0 Å². The molecule has 1 aliphatic heterocycles. The molecule has 4 nitrogen and oxygen atoms in total. The molecule has 0 amide bonds. The highest BCUT2D eigenvalue weighted by Gasteiger charge is 2.27. The van der Waals surface area contributed by atoms with E-state index in [1.165, 1.54) is 0 Å². The number of rotatable bonds is 1. The van der Waals surface area contributed by atoms with E-state index in [0.717, 1.165) is 31.1 Å². The summed E-state index contributed by atoms with van der Waals surface area (Å²) in [4.78, 5) is 4.53. The summed E-state index contributed by atoms with van der Waals surface area (Å²) in [5.74, 6) is 2.06. The van der Waals surface area contributed by atoms with Gasteiger partial charge in [0.05, 0.1) is 0 Å². The zero-order chi connectivity index (χ0) is 11.8. The van der Waals surface area contributed by atoms with Crippen molar-refractivity contribution in [1.82, 2.24) is 15.5 Å². The summed E-state index contributed by atoms with van der Waals surface area (Å²) in [6, 6.07) is 0.545. The second kappa shape index (κ2) is 5.36. The van der Waals surface area contributed by atoms with Gasteiger partial charge in [0.15, 0.2) is 5.82 Å². The van der Waals surface area contributed by atoms with Crippen LogP contribution in [-0.2, 0) is 5.41 Å². The van der Waals surface area contributed by atoms with E-state index in [2.05, 4.69) is 43.2 Å². The highest BCUT2D eigenvalue weighted by Crippen LogP contribution is 2.28. The van der Waals surface area contributed by atoms with Gasteiger partial charge >= 0.3 is 0 Å². The summed E-state index contributed by atoms with van der Waals surface area (Å²) in [5, 5.41) is 7.51. The van der Waals surface area contributed by atoms with Crippen molar-refractivity contribution in [3.05, 3.63) is 11.7 Å². The van der Waals surface area contributed by atoms with Gasteiger partial charge in [-0.05, 0) is 26.3 Å². The van der Waals surface area contributed by atoms with Crippen LogP contribution in [0.2, 0.25) is 0 Å². The lowest BCUT2D eigenvalue weighted by Gasteiger charge is -2.25. The lowest BCUT2D eigenvalue weighted by molar-refractivity contribution is 0.292. The van der Waals surface area contributed by atoms with Crippen molar-refractivity contribution in [3.8, 4) is 0 Å². The van der Waals surface area contributed by atoms with Crippen LogP contribution < -0.4 is 5.32 Å². The van der Waals surface area contributed by atoms with Crippen LogP contribution in [0, 0.1) is 0 Å². The fourth-order valence-corrected chi connectivity index (χ4v) is 2.06. The molecule has 0 aromatic carbocycles. The first kappa shape index (κ1) is 14.5. The zero-order valence-corrected chi connectivity index (χ0v) is 11.8. The zero-order valence-electron chi connectivity index (χ0n) is 11.0. The Balaban J connectivity index is 0.00000144. The number of hydrogen-bond donors (Lipinski definition) is 1. The fraction of sp³-hybridized carbons (Fsp3) is 0.833. The first-order valence-electron chi connectivity index (χ1n) is 6.04. The van der Waals surface area contributed by atoms with Gasteiger partial charge in [-0.2, -0.15) is 4.98 Å². The average molecular weight is 260 g/mol. The Kier molecular flexibility index (Phi) is 4.55. The first-order valence-corrected chi connectivity index (χ1v) is 6.04. The molecular weight excluding hydrogens is 238 g/mol. The molecule has 5 heteroatoms. The molecule has 98 valence electrons. The van der Waals surface area contributed by atoms with Crippen LogP contribution in [0.15, 0.2) is 4.52 Å². The number of piperidine rings is 1. The smallest absolute Gasteiger partial charge is 0.229 e. The molecule has 2 atom stereocenters. The van der Waals surface area contributed by atoms with Crippen molar-refractivity contribution >= 4 is 12.4 Å². The normalized spacial score (nSPS) is 25.4. The maximum absolute atomic E-state index is 5.39. The molecule has 0 unspecified atom stereocenters. The molecule has 0 radical (unpaired) electrons. The minimum Gasteiger partial charge on any atom is -0.339 e. The molecular formula is C12H22ClN3O. The van der Waals surface area contributed by atoms with Crippen molar-refractivity contribution in [2.75, 3.05) is 6.54 Å². The SMILES string of the molecule is C[C@H]1C[C@@H](c2nc(C(C)(C)C)no2)CCN1.Cl. The van der Waals surface area contributed by atoms with Gasteiger partial charge in [-0.1, -0.05) is 25.9 Å². The van der Waals surface area contributed by atoms with E-state index in [1.54, 1.807) is 0 Å². The summed E-state index contributed by atoms with van der Waals surface area (Å²) in [5.41, 5.74) is -0.0275. The van der Waals surface area contributed by atoms with Gasteiger partial charge in [-0.3, -0.25) is 0 Å². The molecule has 0 aliphatic carbocycles. The van der Waals surface area contributed by atoms with Crippen molar-refractivity contribution in [2.24, 2.45) is 0 Å². The Morgan fingerprint density at radius 2 is 2.06 bits per heavy atom. The van der Waals surface area contributed by atoms with Crippen LogP contribution in [0.25, 0.3) is 0 Å². The second-order valence-electron chi connectivity index (χ2n) is 5.78. The number of aromatic nitrogens is 2. The third-order valence-corrected chi connectivity index (χ3v) is 3.09. The maximum Gasteiger partial charge on any atom is 0.229 e. The average Bonchev–Trinajstić information content (AvgIpc) is 2.65. The molecule has 1 aliphatic rings. The van der Waals surface area contributed by atoms with Gasteiger partial charge in [0, 0.05) is 17.4 Å². The van der Waals surface area contributed by atoms with Crippen LogP contribution in [0.4, 0.5) is 0 Å². The van der Waals surface area contributed by atoms with E-state index in [1.807, 2.05) is 0 Å². The lowest BCUT2D eigenvalue weighted by atomic mass is 9.92. The van der Waals surface area contributed by atoms with Gasteiger partial charge in [0.2, 0.25) is 5.89 Å². The van der Waals surface area contributed by atoms with E-state index in [9.17, 15) is 0 Å². The minimum atomic E-state index is -0.0275. The van der Waals surface area contributed by atoms with Crippen LogP contribution >= 0.6 is 12.4 Å². The number of halogens is 1. The standard InChI is InChI=1S/C12H21N3O.ClH/c1-8-7-9(5-6-13-8)10-14-11(15-16-10)12(2,3)4;/h8-9,13H,5-7H2,1-4H3;1H/t8-,9-;/m0./s1. The Hall–Kier alpha value is -0.610. The summed E-state index contributed by atoms with van der Waals surface area (Å²) in [7, 11) is 0. The summed E-state index contributed by atoms with van der Waals surface area (Å²) in [6.07, 6.45) is 2.18. The lowest BCUT2D eigenvalue weighted by Crippen LogP contribution is -2.35. The van der Waals surface area contributed by atoms with Crippen molar-refractivity contribution in [3.63, 3.8) is 0 Å². The molecule has 1 aromatic heterocycles. The van der Waals surface area contributed by atoms with Crippen LogP contribution in [-0.4, -0.2) is 22.7 Å². The highest BCUT2D eigenvalue weighted by molar-refractivity contribution is 5.85. The summed E-state index contributed by atoms with van der Waals surface area (Å²) < 4.78 is 5.39. The second-order valence-corrected chi connectivity index (χ2v) is 5.78. The predicted molar refractivity (Wildman–Crippen MR) is 69.7 cm³/mol. The number of hydrogen-bond acceptors (Lipinski definition) is 4. The summed E-state index contributed by atoms with van der Waals surface area (Å²) >= 11 is 0. The maximum atomic E-state index is 5.39. The largest absolute Gasteiger partial charge is 0.339 e. The molecule has 1 saturated heterocycles. The quantitative estimate of drug-likeness (QED) is 0.842. The topological polar surface area (TPSA) is 51.0 Å². The molecule has 1 N–H and O–H groups in total. The fourth-order valence-electron chi connectivity index (χ4n) is 2.06.